The minimum Gasteiger partial charge on any atom is -0.483 e. The smallest absolute Gasteiger partial charge is 0.260 e. The van der Waals surface area contributed by atoms with E-state index in [2.05, 4.69) is 11.4 Å². The molecule has 0 unspecified atom stereocenters. The average Bonchev–Trinajstić information content (AvgIpc) is 2.76. The van der Waals surface area contributed by atoms with Gasteiger partial charge in [-0.3, -0.25) is 9.59 Å². The largest absolute Gasteiger partial charge is 0.483 e. The normalized spacial score (nSPS) is 14.4. The zero-order valence-electron chi connectivity index (χ0n) is 18.2. The molecule has 0 radical (unpaired) electrons. The quantitative estimate of drug-likeness (QED) is 0.759. The fourth-order valence-corrected chi connectivity index (χ4v) is 3.85. The predicted octanol–water partition coefficient (Wildman–Crippen LogP) is 3.73. The highest BCUT2D eigenvalue weighted by Crippen LogP contribution is 2.25. The van der Waals surface area contributed by atoms with Crippen LogP contribution in [-0.4, -0.2) is 42.5 Å². The molecule has 2 amide bonds. The maximum absolute atomic E-state index is 12.6. The van der Waals surface area contributed by atoms with E-state index >= 15 is 0 Å². The fourth-order valence-electron chi connectivity index (χ4n) is 3.85. The Bertz CT molecular complexity index is 871. The average molecular weight is 409 g/mol. The van der Waals surface area contributed by atoms with Gasteiger partial charge in [0.1, 0.15) is 5.75 Å². The molecule has 0 spiro atoms. The summed E-state index contributed by atoms with van der Waals surface area (Å²) < 4.78 is 5.87. The Kier molecular flexibility index (Phi) is 7.50. The number of piperidine rings is 1. The lowest BCUT2D eigenvalue weighted by Crippen LogP contribution is -2.47. The molecule has 0 bridgehead atoms. The summed E-state index contributed by atoms with van der Waals surface area (Å²) in [6, 6.07) is 14.3. The summed E-state index contributed by atoms with van der Waals surface area (Å²) in [5, 5.41) is 3.12. The van der Waals surface area contributed by atoms with E-state index in [4.69, 9.17) is 4.74 Å². The van der Waals surface area contributed by atoms with Gasteiger partial charge in [-0.05, 0) is 62.3 Å². The Labute approximate surface area is 179 Å². The zero-order chi connectivity index (χ0) is 21.5. The topological polar surface area (TPSA) is 58.6 Å². The standard InChI is InChI=1S/C25H32N2O3/c1-18-9-10-19(2)25(20(18)3)30-17-24(29)27-15-13-22(14-16-27)26-23(28)12-11-21-7-5-4-6-8-21/h4-10,22H,11-17H2,1-3H3,(H,26,28). The van der Waals surface area contributed by atoms with Crippen LogP contribution in [0, 0.1) is 20.8 Å². The molecule has 2 aromatic carbocycles. The van der Waals surface area contributed by atoms with Crippen LogP contribution in [-0.2, 0) is 16.0 Å². The van der Waals surface area contributed by atoms with Gasteiger partial charge in [0.25, 0.3) is 5.91 Å². The van der Waals surface area contributed by atoms with Crippen LogP contribution in [0.1, 0.15) is 41.5 Å². The molecule has 1 aliphatic heterocycles. The number of aryl methyl sites for hydroxylation is 3. The highest BCUT2D eigenvalue weighted by Gasteiger charge is 2.24. The zero-order valence-corrected chi connectivity index (χ0v) is 18.2. The van der Waals surface area contributed by atoms with Crippen molar-refractivity contribution in [3.63, 3.8) is 0 Å². The first-order chi connectivity index (χ1) is 14.4. The lowest BCUT2D eigenvalue weighted by molar-refractivity contribution is -0.134. The van der Waals surface area contributed by atoms with Crippen molar-refractivity contribution in [3.05, 3.63) is 64.7 Å². The van der Waals surface area contributed by atoms with Crippen molar-refractivity contribution < 1.29 is 14.3 Å². The molecule has 0 atom stereocenters. The van der Waals surface area contributed by atoms with Crippen molar-refractivity contribution in [2.24, 2.45) is 0 Å². The number of nitrogens with zero attached hydrogens (tertiary/aromatic N) is 1. The number of carbonyl (C=O) groups excluding carboxylic acids is 2. The summed E-state index contributed by atoms with van der Waals surface area (Å²) in [5.74, 6) is 0.894. The first kappa shape index (κ1) is 21.9. The second kappa shape index (κ2) is 10.3. The van der Waals surface area contributed by atoms with Crippen LogP contribution in [0.5, 0.6) is 5.75 Å². The van der Waals surface area contributed by atoms with E-state index in [1.54, 1.807) is 0 Å². The highest BCUT2D eigenvalue weighted by molar-refractivity contribution is 5.78. The van der Waals surface area contributed by atoms with Crippen molar-refractivity contribution in [2.75, 3.05) is 19.7 Å². The lowest BCUT2D eigenvalue weighted by atomic mass is 10.0. The van der Waals surface area contributed by atoms with Crippen LogP contribution in [0.3, 0.4) is 0 Å². The summed E-state index contributed by atoms with van der Waals surface area (Å²) in [6.45, 7) is 7.42. The third-order valence-electron chi connectivity index (χ3n) is 5.91. The first-order valence-electron chi connectivity index (χ1n) is 10.7. The Hall–Kier alpha value is -2.82. The number of rotatable bonds is 7. The van der Waals surface area contributed by atoms with Crippen molar-refractivity contribution in [1.82, 2.24) is 10.2 Å². The first-order valence-corrected chi connectivity index (χ1v) is 10.7. The van der Waals surface area contributed by atoms with Gasteiger partial charge in [-0.25, -0.2) is 0 Å². The molecule has 5 heteroatoms. The molecule has 1 N–H and O–H groups in total. The second-order valence-electron chi connectivity index (χ2n) is 8.15. The van der Waals surface area contributed by atoms with Crippen LogP contribution in [0.25, 0.3) is 0 Å². The highest BCUT2D eigenvalue weighted by atomic mass is 16.5. The maximum atomic E-state index is 12.6. The van der Waals surface area contributed by atoms with Crippen molar-refractivity contribution in [2.45, 2.75) is 52.5 Å². The summed E-state index contributed by atoms with van der Waals surface area (Å²) >= 11 is 0. The third-order valence-corrected chi connectivity index (χ3v) is 5.91. The van der Waals surface area contributed by atoms with E-state index in [1.165, 1.54) is 5.56 Å². The van der Waals surface area contributed by atoms with Gasteiger partial charge in [0.2, 0.25) is 5.91 Å². The van der Waals surface area contributed by atoms with E-state index in [-0.39, 0.29) is 24.5 Å². The molecule has 1 heterocycles. The fraction of sp³-hybridized carbons (Fsp3) is 0.440. The van der Waals surface area contributed by atoms with Crippen LogP contribution < -0.4 is 10.1 Å². The van der Waals surface area contributed by atoms with Gasteiger partial charge in [-0.2, -0.15) is 0 Å². The summed E-state index contributed by atoms with van der Waals surface area (Å²) in [4.78, 5) is 26.7. The SMILES string of the molecule is Cc1ccc(C)c(OCC(=O)N2CCC(NC(=O)CCc3ccccc3)CC2)c1C. The van der Waals surface area contributed by atoms with E-state index in [1.807, 2.05) is 62.1 Å². The summed E-state index contributed by atoms with van der Waals surface area (Å²) in [7, 11) is 0. The van der Waals surface area contributed by atoms with Crippen molar-refractivity contribution >= 4 is 11.8 Å². The van der Waals surface area contributed by atoms with Gasteiger partial charge >= 0.3 is 0 Å². The summed E-state index contributed by atoms with van der Waals surface area (Å²) in [5.41, 5.74) is 4.46. The number of hydrogen-bond acceptors (Lipinski definition) is 3. The number of carbonyl (C=O) groups is 2. The number of amides is 2. The Morgan fingerprint density at radius 1 is 1.00 bits per heavy atom. The molecule has 0 aromatic heterocycles. The Morgan fingerprint density at radius 2 is 1.67 bits per heavy atom. The van der Waals surface area contributed by atoms with Crippen LogP contribution >= 0.6 is 0 Å². The molecule has 2 aromatic rings. The van der Waals surface area contributed by atoms with Crippen molar-refractivity contribution in [3.8, 4) is 5.75 Å². The molecule has 1 aliphatic rings. The van der Waals surface area contributed by atoms with Crippen LogP contribution in [0.4, 0.5) is 0 Å². The number of likely N-dealkylation sites (tertiary alicyclic amines) is 1. The van der Waals surface area contributed by atoms with E-state index in [0.717, 1.165) is 41.7 Å². The number of benzene rings is 2. The van der Waals surface area contributed by atoms with Crippen molar-refractivity contribution in [1.29, 1.82) is 0 Å². The molecule has 0 aliphatic carbocycles. The molecular weight excluding hydrogens is 376 g/mol. The van der Waals surface area contributed by atoms with Gasteiger partial charge in [0, 0.05) is 25.6 Å². The summed E-state index contributed by atoms with van der Waals surface area (Å²) in [6.07, 6.45) is 2.81. The minimum atomic E-state index is 0.00385. The monoisotopic (exact) mass is 408 g/mol. The molecule has 5 nitrogen and oxygen atoms in total. The second-order valence-corrected chi connectivity index (χ2v) is 8.15. The van der Waals surface area contributed by atoms with Gasteiger partial charge in [-0.1, -0.05) is 42.5 Å². The van der Waals surface area contributed by atoms with Gasteiger partial charge < -0.3 is 15.0 Å². The number of ether oxygens (including phenoxy) is 1. The Morgan fingerprint density at radius 3 is 2.37 bits per heavy atom. The van der Waals surface area contributed by atoms with Crippen LogP contribution in [0.15, 0.2) is 42.5 Å². The lowest BCUT2D eigenvalue weighted by Gasteiger charge is -2.32. The molecule has 160 valence electrons. The molecule has 3 rings (SSSR count). The van der Waals surface area contributed by atoms with Crippen LogP contribution in [0.2, 0.25) is 0 Å². The minimum absolute atomic E-state index is 0.00385. The number of nitrogens with one attached hydrogen (secondary N) is 1. The van der Waals surface area contributed by atoms with E-state index in [0.29, 0.717) is 19.5 Å². The maximum Gasteiger partial charge on any atom is 0.260 e. The number of hydrogen-bond donors (Lipinski definition) is 1. The van der Waals surface area contributed by atoms with E-state index < -0.39 is 0 Å². The Balaban J connectivity index is 1.40. The third kappa shape index (κ3) is 5.85. The molecule has 1 fully saturated rings. The van der Waals surface area contributed by atoms with Gasteiger partial charge in [0.05, 0.1) is 0 Å². The molecule has 0 saturated carbocycles. The molecule has 30 heavy (non-hydrogen) atoms. The molecular formula is C25H32N2O3. The predicted molar refractivity (Wildman–Crippen MR) is 119 cm³/mol. The van der Waals surface area contributed by atoms with Gasteiger partial charge in [0.15, 0.2) is 6.61 Å². The van der Waals surface area contributed by atoms with E-state index in [9.17, 15) is 9.59 Å². The molecule has 1 saturated heterocycles. The van der Waals surface area contributed by atoms with Gasteiger partial charge in [-0.15, -0.1) is 0 Å².